The predicted octanol–water partition coefficient (Wildman–Crippen LogP) is 2.83. The zero-order valence-electron chi connectivity index (χ0n) is 10.8. The van der Waals surface area contributed by atoms with Crippen LogP contribution in [0.15, 0.2) is 22.7 Å². The van der Waals surface area contributed by atoms with E-state index in [0.717, 1.165) is 6.07 Å². The molecule has 0 bridgehead atoms. The Balaban J connectivity index is 2.75. The van der Waals surface area contributed by atoms with Crippen LogP contribution in [0.1, 0.15) is 12.8 Å². The lowest BCUT2D eigenvalue weighted by Gasteiger charge is -2.12. The van der Waals surface area contributed by atoms with E-state index >= 15 is 0 Å². The Morgan fingerprint density at radius 2 is 1.95 bits per heavy atom. The SMILES string of the molecule is NCCCCS(=O)(=O)Nc1ccc(OC(F)(F)F)c(Br)c1. The molecule has 1 aromatic carbocycles. The van der Waals surface area contributed by atoms with Crippen molar-refractivity contribution in [3.8, 4) is 5.75 Å². The minimum atomic E-state index is -4.81. The molecule has 0 heterocycles. The van der Waals surface area contributed by atoms with Gasteiger partial charge in [0.1, 0.15) is 5.75 Å². The van der Waals surface area contributed by atoms with E-state index in [2.05, 4.69) is 25.4 Å². The highest BCUT2D eigenvalue weighted by Gasteiger charge is 2.32. The molecule has 3 N–H and O–H groups in total. The van der Waals surface area contributed by atoms with Gasteiger partial charge in [0.05, 0.1) is 10.2 Å². The highest BCUT2D eigenvalue weighted by Crippen LogP contribution is 2.32. The molecular formula is C11H14BrF3N2O3S. The van der Waals surface area contributed by atoms with E-state index in [-0.39, 0.29) is 15.9 Å². The van der Waals surface area contributed by atoms with Crippen molar-refractivity contribution >= 4 is 31.6 Å². The Hall–Kier alpha value is -1.00. The van der Waals surface area contributed by atoms with Gasteiger partial charge in [-0.05, 0) is 53.5 Å². The van der Waals surface area contributed by atoms with E-state index in [1.165, 1.54) is 12.1 Å². The summed E-state index contributed by atoms with van der Waals surface area (Å²) in [6, 6.07) is 3.41. The van der Waals surface area contributed by atoms with E-state index in [9.17, 15) is 21.6 Å². The minimum Gasteiger partial charge on any atom is -0.405 e. The monoisotopic (exact) mass is 390 g/mol. The van der Waals surface area contributed by atoms with Crippen molar-refractivity contribution in [1.29, 1.82) is 0 Å². The molecule has 1 aromatic rings. The molecule has 0 aliphatic carbocycles. The fourth-order valence-corrected chi connectivity index (χ4v) is 3.07. The molecule has 10 heteroatoms. The van der Waals surface area contributed by atoms with Crippen LogP contribution in [0.2, 0.25) is 0 Å². The van der Waals surface area contributed by atoms with Gasteiger partial charge in [0.25, 0.3) is 0 Å². The minimum absolute atomic E-state index is 0.0121. The molecule has 0 spiro atoms. The molecule has 0 radical (unpaired) electrons. The maximum atomic E-state index is 12.1. The van der Waals surface area contributed by atoms with Crippen LogP contribution in [0, 0.1) is 0 Å². The van der Waals surface area contributed by atoms with Crippen LogP contribution in [0.4, 0.5) is 18.9 Å². The average molecular weight is 391 g/mol. The van der Waals surface area contributed by atoms with Gasteiger partial charge in [-0.2, -0.15) is 0 Å². The molecular weight excluding hydrogens is 377 g/mol. The standard InChI is InChI=1S/C11H14BrF3N2O3S/c12-9-7-8(3-4-10(9)20-11(13,14)15)17-21(18,19)6-2-1-5-16/h3-4,7,17H,1-2,5-6,16H2. The lowest BCUT2D eigenvalue weighted by molar-refractivity contribution is -0.274. The third-order valence-corrected chi connectivity index (χ3v) is 4.29. The Kier molecular flexibility index (Phi) is 6.29. The van der Waals surface area contributed by atoms with Gasteiger partial charge in [-0.1, -0.05) is 0 Å². The third-order valence-electron chi connectivity index (χ3n) is 2.30. The van der Waals surface area contributed by atoms with Gasteiger partial charge >= 0.3 is 6.36 Å². The summed E-state index contributed by atoms with van der Waals surface area (Å²) in [5.41, 5.74) is 5.41. The van der Waals surface area contributed by atoms with E-state index in [1.54, 1.807) is 0 Å². The van der Waals surface area contributed by atoms with Crippen molar-refractivity contribution in [2.45, 2.75) is 19.2 Å². The first-order valence-corrected chi connectivity index (χ1v) is 8.33. The van der Waals surface area contributed by atoms with Gasteiger partial charge in [0.2, 0.25) is 10.0 Å². The van der Waals surface area contributed by atoms with E-state index in [1.807, 2.05) is 0 Å². The van der Waals surface area contributed by atoms with Gasteiger partial charge in [-0.3, -0.25) is 4.72 Å². The van der Waals surface area contributed by atoms with Crippen LogP contribution in [-0.4, -0.2) is 27.1 Å². The third kappa shape index (κ3) is 7.00. The average Bonchev–Trinajstić information content (AvgIpc) is 2.31. The van der Waals surface area contributed by atoms with Crippen LogP contribution in [-0.2, 0) is 10.0 Å². The summed E-state index contributed by atoms with van der Waals surface area (Å²) in [6.07, 6.45) is -3.84. The Bertz CT molecular complexity index is 579. The molecule has 120 valence electrons. The van der Waals surface area contributed by atoms with Crippen LogP contribution >= 0.6 is 15.9 Å². The van der Waals surface area contributed by atoms with Crippen LogP contribution < -0.4 is 15.2 Å². The number of ether oxygens (including phenoxy) is 1. The van der Waals surface area contributed by atoms with Crippen LogP contribution in [0.25, 0.3) is 0 Å². The number of alkyl halides is 3. The lowest BCUT2D eigenvalue weighted by atomic mass is 10.3. The van der Waals surface area contributed by atoms with Crippen molar-refractivity contribution in [2.75, 3.05) is 17.0 Å². The zero-order chi connectivity index (χ0) is 16.1. The molecule has 0 saturated carbocycles. The Labute approximate surface area is 128 Å². The second-order valence-electron chi connectivity index (χ2n) is 4.11. The zero-order valence-corrected chi connectivity index (χ0v) is 13.2. The lowest BCUT2D eigenvalue weighted by Crippen LogP contribution is -2.18. The molecule has 0 amide bonds. The first kappa shape index (κ1) is 18.1. The van der Waals surface area contributed by atoms with E-state index < -0.39 is 22.1 Å². The number of nitrogens with one attached hydrogen (secondary N) is 1. The smallest absolute Gasteiger partial charge is 0.405 e. The van der Waals surface area contributed by atoms with Gasteiger partial charge < -0.3 is 10.5 Å². The fourth-order valence-electron chi connectivity index (χ4n) is 1.44. The number of unbranched alkanes of at least 4 members (excludes halogenated alkanes) is 1. The Morgan fingerprint density at radius 1 is 1.29 bits per heavy atom. The molecule has 21 heavy (non-hydrogen) atoms. The molecule has 5 nitrogen and oxygen atoms in total. The van der Waals surface area contributed by atoms with Crippen molar-refractivity contribution in [3.63, 3.8) is 0 Å². The number of hydrogen-bond donors (Lipinski definition) is 2. The topological polar surface area (TPSA) is 81.4 Å². The summed E-state index contributed by atoms with van der Waals surface area (Å²) in [4.78, 5) is 0. The van der Waals surface area contributed by atoms with Gasteiger partial charge in [0.15, 0.2) is 0 Å². The molecule has 0 atom stereocenters. The molecule has 0 aromatic heterocycles. The van der Waals surface area contributed by atoms with Crippen molar-refractivity contribution in [1.82, 2.24) is 0 Å². The number of benzene rings is 1. The largest absolute Gasteiger partial charge is 0.573 e. The van der Waals surface area contributed by atoms with Crippen molar-refractivity contribution < 1.29 is 26.3 Å². The van der Waals surface area contributed by atoms with Gasteiger partial charge in [0, 0.05) is 5.69 Å². The molecule has 0 fully saturated rings. The molecule has 1 rings (SSSR count). The molecule has 0 saturated heterocycles. The van der Waals surface area contributed by atoms with Gasteiger partial charge in [-0.25, -0.2) is 8.42 Å². The summed E-state index contributed by atoms with van der Waals surface area (Å²) in [6.45, 7) is 0.393. The van der Waals surface area contributed by atoms with E-state index in [0.29, 0.717) is 19.4 Å². The van der Waals surface area contributed by atoms with Gasteiger partial charge in [-0.15, -0.1) is 13.2 Å². The second-order valence-corrected chi connectivity index (χ2v) is 6.81. The number of rotatable bonds is 7. The van der Waals surface area contributed by atoms with Crippen LogP contribution in [0.5, 0.6) is 5.75 Å². The normalized spacial score (nSPS) is 12.2. The first-order chi connectivity index (χ1) is 9.63. The summed E-state index contributed by atoms with van der Waals surface area (Å²) in [7, 11) is -3.56. The first-order valence-electron chi connectivity index (χ1n) is 5.89. The molecule has 0 unspecified atom stereocenters. The fraction of sp³-hybridized carbons (Fsp3) is 0.455. The summed E-state index contributed by atoms with van der Waals surface area (Å²) >= 11 is 2.89. The number of sulfonamides is 1. The molecule has 0 aliphatic heterocycles. The number of nitrogens with two attached hydrogens (primary N) is 1. The molecule has 0 aliphatic rings. The van der Waals surface area contributed by atoms with Crippen molar-refractivity contribution in [2.24, 2.45) is 5.73 Å². The van der Waals surface area contributed by atoms with Crippen LogP contribution in [0.3, 0.4) is 0 Å². The number of halogens is 4. The summed E-state index contributed by atoms with van der Waals surface area (Å²) in [5.74, 6) is -0.559. The van der Waals surface area contributed by atoms with Crippen molar-refractivity contribution in [3.05, 3.63) is 22.7 Å². The highest BCUT2D eigenvalue weighted by atomic mass is 79.9. The summed E-state index contributed by atoms with van der Waals surface area (Å²) in [5, 5.41) is 0. The number of hydrogen-bond acceptors (Lipinski definition) is 4. The second kappa shape index (κ2) is 7.32. The van der Waals surface area contributed by atoms with E-state index in [4.69, 9.17) is 5.73 Å². The number of anilines is 1. The Morgan fingerprint density at radius 3 is 2.48 bits per heavy atom. The maximum Gasteiger partial charge on any atom is 0.573 e. The quantitative estimate of drug-likeness (QED) is 0.701. The highest BCUT2D eigenvalue weighted by molar-refractivity contribution is 9.10. The maximum absolute atomic E-state index is 12.1. The summed E-state index contributed by atoms with van der Waals surface area (Å²) < 4.78 is 65.8. The predicted molar refractivity (Wildman–Crippen MR) is 76.5 cm³/mol.